The third-order valence-corrected chi connectivity index (χ3v) is 6.11. The summed E-state index contributed by atoms with van der Waals surface area (Å²) in [5.74, 6) is 0.0760. The molecule has 34 heavy (non-hydrogen) atoms. The first kappa shape index (κ1) is 21.7. The number of pyridine rings is 1. The van der Waals surface area contributed by atoms with E-state index in [1.54, 1.807) is 6.20 Å². The van der Waals surface area contributed by atoms with E-state index in [-0.39, 0.29) is 12.0 Å². The molecule has 5 rings (SSSR count). The topological polar surface area (TPSA) is 51.2 Å². The summed E-state index contributed by atoms with van der Waals surface area (Å²) in [4.78, 5) is 16.6. The van der Waals surface area contributed by atoms with E-state index >= 15 is 0 Å². The van der Waals surface area contributed by atoms with Gasteiger partial charge in [-0.2, -0.15) is 0 Å². The zero-order valence-electron chi connectivity index (χ0n) is 18.9. The van der Waals surface area contributed by atoms with Crippen LogP contribution in [0.15, 0.2) is 103 Å². The lowest BCUT2D eigenvalue weighted by atomic mass is 9.98. The zero-order valence-corrected chi connectivity index (χ0v) is 18.9. The standard InChI is InChI=1S/C30H26N2O2/c33-30(34-21-28-26-12-3-1-10-24(26)25-11-2-4-13-27(25)28)32-20-7-5-9-22-15-17-23(18-16-22)29-14-6-8-19-31-29/h1-6,8-19,28H,7,20-21H2,(H,32,33). The number of rotatable bonds is 7. The summed E-state index contributed by atoms with van der Waals surface area (Å²) in [5, 5.41) is 2.85. The lowest BCUT2D eigenvalue weighted by molar-refractivity contribution is 0.143. The number of alkyl carbamates (subject to hydrolysis) is 1. The molecule has 0 bridgehead atoms. The Morgan fingerprint density at radius 2 is 1.53 bits per heavy atom. The second kappa shape index (κ2) is 10.2. The molecule has 4 heteroatoms. The number of hydrogen-bond donors (Lipinski definition) is 1. The molecule has 0 spiro atoms. The molecule has 0 atom stereocenters. The average molecular weight is 447 g/mol. The van der Waals surface area contributed by atoms with Crippen molar-refractivity contribution in [3.05, 3.63) is 120 Å². The molecule has 1 aliphatic rings. The van der Waals surface area contributed by atoms with Crippen LogP contribution >= 0.6 is 0 Å². The summed E-state index contributed by atoms with van der Waals surface area (Å²) in [6.45, 7) is 0.859. The predicted octanol–water partition coefficient (Wildman–Crippen LogP) is 6.69. The molecule has 0 saturated carbocycles. The lowest BCUT2D eigenvalue weighted by Crippen LogP contribution is -2.26. The van der Waals surface area contributed by atoms with Crippen LogP contribution in [0.3, 0.4) is 0 Å². The Bertz CT molecular complexity index is 1250. The number of carbonyl (C=O) groups excluding carboxylic acids is 1. The van der Waals surface area contributed by atoms with E-state index in [4.69, 9.17) is 4.74 Å². The van der Waals surface area contributed by atoms with Crippen molar-refractivity contribution in [1.82, 2.24) is 10.3 Å². The highest BCUT2D eigenvalue weighted by Crippen LogP contribution is 2.44. The first-order valence-corrected chi connectivity index (χ1v) is 11.6. The van der Waals surface area contributed by atoms with E-state index in [0.29, 0.717) is 13.2 Å². The predicted molar refractivity (Wildman–Crippen MR) is 136 cm³/mol. The molecule has 0 saturated heterocycles. The van der Waals surface area contributed by atoms with Gasteiger partial charge in [-0.15, -0.1) is 0 Å². The van der Waals surface area contributed by atoms with Gasteiger partial charge in [-0.05, 0) is 46.4 Å². The number of fused-ring (bicyclic) bond motifs is 3. The molecule has 168 valence electrons. The fourth-order valence-corrected chi connectivity index (χ4v) is 4.42. The Morgan fingerprint density at radius 1 is 0.853 bits per heavy atom. The van der Waals surface area contributed by atoms with Gasteiger partial charge in [0.2, 0.25) is 0 Å². The van der Waals surface area contributed by atoms with Crippen LogP contribution in [0.25, 0.3) is 28.5 Å². The Hall–Kier alpha value is -4.18. The van der Waals surface area contributed by atoms with Crippen molar-refractivity contribution < 1.29 is 9.53 Å². The second-order valence-electron chi connectivity index (χ2n) is 8.28. The van der Waals surface area contributed by atoms with Crippen LogP contribution in [0.5, 0.6) is 0 Å². The van der Waals surface area contributed by atoms with Crippen LogP contribution in [0, 0.1) is 0 Å². The quantitative estimate of drug-likeness (QED) is 0.322. The normalized spacial score (nSPS) is 12.4. The smallest absolute Gasteiger partial charge is 0.407 e. The highest BCUT2D eigenvalue weighted by Gasteiger charge is 2.28. The van der Waals surface area contributed by atoms with Crippen molar-refractivity contribution >= 4 is 12.2 Å². The summed E-state index contributed by atoms with van der Waals surface area (Å²) in [6.07, 6.45) is 6.26. The Kier molecular flexibility index (Phi) is 6.48. The summed E-state index contributed by atoms with van der Waals surface area (Å²) >= 11 is 0. The van der Waals surface area contributed by atoms with Crippen molar-refractivity contribution in [3.8, 4) is 22.4 Å². The van der Waals surface area contributed by atoms with Gasteiger partial charge in [0, 0.05) is 24.2 Å². The molecular formula is C30H26N2O2. The SMILES string of the molecule is O=C(NCCC=Cc1ccc(-c2ccccn2)cc1)OCC1c2ccccc2-c2ccccc21. The highest BCUT2D eigenvalue weighted by atomic mass is 16.5. The third-order valence-electron chi connectivity index (χ3n) is 6.11. The largest absolute Gasteiger partial charge is 0.449 e. The number of aromatic nitrogens is 1. The number of nitrogens with zero attached hydrogens (tertiary/aromatic N) is 1. The second-order valence-corrected chi connectivity index (χ2v) is 8.28. The van der Waals surface area contributed by atoms with Gasteiger partial charge in [0.05, 0.1) is 5.69 Å². The average Bonchev–Trinajstić information content (AvgIpc) is 3.22. The molecular weight excluding hydrogens is 420 g/mol. The highest BCUT2D eigenvalue weighted by molar-refractivity contribution is 5.79. The van der Waals surface area contributed by atoms with Crippen LogP contribution < -0.4 is 5.32 Å². The molecule has 3 aromatic carbocycles. The maximum atomic E-state index is 12.3. The third kappa shape index (κ3) is 4.76. The van der Waals surface area contributed by atoms with E-state index in [0.717, 1.165) is 23.2 Å². The molecule has 4 nitrogen and oxygen atoms in total. The number of hydrogen-bond acceptors (Lipinski definition) is 3. The number of carbonyl (C=O) groups is 1. The fraction of sp³-hybridized carbons (Fsp3) is 0.133. The summed E-state index contributed by atoms with van der Waals surface area (Å²) in [7, 11) is 0. The maximum Gasteiger partial charge on any atom is 0.407 e. The van der Waals surface area contributed by atoms with Gasteiger partial charge in [0.1, 0.15) is 6.61 Å². The monoisotopic (exact) mass is 446 g/mol. The molecule has 4 aromatic rings. The summed E-state index contributed by atoms with van der Waals surface area (Å²) in [5.41, 5.74) is 8.05. The Morgan fingerprint density at radius 3 is 2.21 bits per heavy atom. The minimum absolute atomic E-state index is 0.0760. The molecule has 1 amide bonds. The fourth-order valence-electron chi connectivity index (χ4n) is 4.42. The van der Waals surface area contributed by atoms with Crippen LogP contribution in [0.2, 0.25) is 0 Å². The van der Waals surface area contributed by atoms with Gasteiger partial charge in [-0.25, -0.2) is 4.79 Å². The van der Waals surface area contributed by atoms with Gasteiger partial charge in [0.25, 0.3) is 0 Å². The van der Waals surface area contributed by atoms with Crippen LogP contribution in [-0.2, 0) is 4.74 Å². The van der Waals surface area contributed by atoms with Crippen LogP contribution in [0.4, 0.5) is 4.79 Å². The number of ether oxygens (including phenoxy) is 1. The zero-order chi connectivity index (χ0) is 23.2. The molecule has 1 heterocycles. The summed E-state index contributed by atoms with van der Waals surface area (Å²) in [6, 6.07) is 30.8. The molecule has 0 unspecified atom stereocenters. The van der Waals surface area contributed by atoms with Crippen molar-refractivity contribution in [2.45, 2.75) is 12.3 Å². The van der Waals surface area contributed by atoms with Crippen molar-refractivity contribution in [1.29, 1.82) is 0 Å². The van der Waals surface area contributed by atoms with Gasteiger partial charge in [-0.1, -0.05) is 91.0 Å². The number of nitrogens with one attached hydrogen (secondary N) is 1. The first-order valence-electron chi connectivity index (χ1n) is 11.6. The molecule has 0 aliphatic heterocycles. The van der Waals surface area contributed by atoms with Crippen LogP contribution in [0.1, 0.15) is 29.0 Å². The van der Waals surface area contributed by atoms with Crippen molar-refractivity contribution in [3.63, 3.8) is 0 Å². The Balaban J connectivity index is 1.09. The first-order chi connectivity index (χ1) is 16.8. The van der Waals surface area contributed by atoms with Crippen molar-refractivity contribution in [2.75, 3.05) is 13.2 Å². The van der Waals surface area contributed by atoms with Crippen molar-refractivity contribution in [2.24, 2.45) is 0 Å². The molecule has 1 N–H and O–H groups in total. The Labute approximate surface area is 200 Å². The molecule has 0 radical (unpaired) electrons. The van der Waals surface area contributed by atoms with Gasteiger partial charge < -0.3 is 10.1 Å². The van der Waals surface area contributed by atoms with Gasteiger partial charge >= 0.3 is 6.09 Å². The van der Waals surface area contributed by atoms with Gasteiger partial charge in [0.15, 0.2) is 0 Å². The number of benzene rings is 3. The lowest BCUT2D eigenvalue weighted by Gasteiger charge is -2.14. The van der Waals surface area contributed by atoms with E-state index < -0.39 is 0 Å². The molecule has 0 fully saturated rings. The van der Waals surface area contributed by atoms with Crippen LogP contribution in [-0.4, -0.2) is 24.2 Å². The van der Waals surface area contributed by atoms with Gasteiger partial charge in [-0.3, -0.25) is 4.98 Å². The minimum Gasteiger partial charge on any atom is -0.449 e. The molecule has 1 aliphatic carbocycles. The molecule has 1 aromatic heterocycles. The number of amides is 1. The summed E-state index contributed by atoms with van der Waals surface area (Å²) < 4.78 is 5.58. The minimum atomic E-state index is -0.380. The maximum absolute atomic E-state index is 12.3. The van der Waals surface area contributed by atoms with E-state index in [1.165, 1.54) is 22.3 Å². The van der Waals surface area contributed by atoms with E-state index in [2.05, 4.69) is 71.0 Å². The van der Waals surface area contributed by atoms with E-state index in [1.807, 2.05) is 42.5 Å². The van der Waals surface area contributed by atoms with E-state index in [9.17, 15) is 4.79 Å².